The van der Waals surface area contributed by atoms with Crippen molar-refractivity contribution in [3.63, 3.8) is 0 Å². The highest BCUT2D eigenvalue weighted by Gasteiger charge is 2.23. The fourth-order valence-corrected chi connectivity index (χ4v) is 11.2. The molecule has 0 saturated heterocycles. The Hall–Kier alpha value is -9.39. The Kier molecular flexibility index (Phi) is 7.97. The molecule has 69 heavy (non-hydrogen) atoms. The summed E-state index contributed by atoms with van der Waals surface area (Å²) in [6.07, 6.45) is 0. The van der Waals surface area contributed by atoms with Crippen LogP contribution in [0.5, 0.6) is 0 Å². The van der Waals surface area contributed by atoms with Gasteiger partial charge in [-0.25, -0.2) is 4.98 Å². The summed E-state index contributed by atoms with van der Waals surface area (Å²) in [5.74, 6) is 1.70. The van der Waals surface area contributed by atoms with E-state index in [0.717, 1.165) is 82.7 Å². The Bertz CT molecular complexity index is 4580. The molecule has 0 unspecified atom stereocenters. The van der Waals surface area contributed by atoms with Crippen LogP contribution in [0, 0.1) is 0 Å². The third-order valence-electron chi connectivity index (χ3n) is 14.2. The summed E-state index contributed by atoms with van der Waals surface area (Å²) >= 11 is 0. The normalized spacial score (nSPS) is 12.1. The summed E-state index contributed by atoms with van der Waals surface area (Å²) in [6.45, 7) is 0. The van der Waals surface area contributed by atoms with E-state index in [2.05, 4.69) is 185 Å². The first kappa shape index (κ1) is 37.8. The van der Waals surface area contributed by atoms with Gasteiger partial charge in [0.25, 0.3) is 0 Å². The summed E-state index contributed by atoms with van der Waals surface area (Å²) < 4.78 is 11.0. The molecule has 0 N–H and O–H groups in total. The monoisotopic (exact) mass is 879 g/mol. The topological polar surface area (TPSA) is 61.7 Å². The zero-order chi connectivity index (χ0) is 45.2. The third-order valence-corrected chi connectivity index (χ3v) is 14.2. The van der Waals surface area contributed by atoms with Crippen LogP contribution in [-0.2, 0) is 0 Å². The lowest BCUT2D eigenvalue weighted by molar-refractivity contribution is 0.669. The van der Waals surface area contributed by atoms with Crippen molar-refractivity contribution in [2.45, 2.75) is 0 Å². The largest absolute Gasteiger partial charge is 0.456 e. The predicted octanol–water partition coefficient (Wildman–Crippen LogP) is 16.4. The van der Waals surface area contributed by atoms with Crippen LogP contribution in [0.4, 0.5) is 0 Å². The van der Waals surface area contributed by atoms with Gasteiger partial charge in [-0.1, -0.05) is 176 Å². The summed E-state index contributed by atoms with van der Waals surface area (Å²) in [5.41, 5.74) is 11.0. The highest BCUT2D eigenvalue weighted by molar-refractivity contribution is 6.26. The maximum absolute atomic E-state index is 6.37. The zero-order valence-corrected chi connectivity index (χ0v) is 37.0. The van der Waals surface area contributed by atoms with E-state index in [1.54, 1.807) is 0 Å². The number of nitrogens with zero attached hydrogens (tertiary/aromatic N) is 5. The molecule has 0 saturated carbocycles. The van der Waals surface area contributed by atoms with Gasteiger partial charge in [0.2, 0.25) is 5.95 Å². The molecule has 4 aromatic heterocycles. The van der Waals surface area contributed by atoms with Crippen molar-refractivity contribution in [1.82, 2.24) is 24.1 Å². The molecule has 0 spiro atoms. The molecule has 0 aliphatic carbocycles. The summed E-state index contributed by atoms with van der Waals surface area (Å²) in [4.78, 5) is 16.0. The minimum atomic E-state index is 0.535. The maximum atomic E-state index is 6.37. The number of hydrogen-bond donors (Lipinski definition) is 0. The number of hydrogen-bond acceptors (Lipinski definition) is 4. The summed E-state index contributed by atoms with van der Waals surface area (Å²) in [7, 11) is 0. The van der Waals surface area contributed by atoms with Gasteiger partial charge >= 0.3 is 0 Å². The average molecular weight is 880 g/mol. The molecule has 0 aliphatic rings. The van der Waals surface area contributed by atoms with Gasteiger partial charge in [0.1, 0.15) is 11.2 Å². The third kappa shape index (κ3) is 5.57. The Labute approximate surface area is 394 Å². The first-order chi connectivity index (χ1) is 34.2. The molecule has 4 heterocycles. The van der Waals surface area contributed by atoms with Gasteiger partial charge in [-0.2, -0.15) is 9.97 Å². The van der Waals surface area contributed by atoms with Crippen LogP contribution in [0.3, 0.4) is 0 Å². The van der Waals surface area contributed by atoms with Crippen molar-refractivity contribution in [2.24, 2.45) is 0 Å². The van der Waals surface area contributed by atoms with E-state index >= 15 is 0 Å². The van der Waals surface area contributed by atoms with E-state index in [4.69, 9.17) is 19.4 Å². The SMILES string of the molecule is c1ccc(-c2nc(-c3cccc4oc5ccccc5c34)nc(-n3c4ccccc4c4cc5c6ccccc6n(-c6ccccc6-c6ccc7c8ccccc8c8ccccc8c7c6)c5cc43)n2)cc1. The lowest BCUT2D eigenvalue weighted by Gasteiger charge is -2.16. The maximum Gasteiger partial charge on any atom is 0.238 e. The van der Waals surface area contributed by atoms with E-state index in [0.29, 0.717) is 17.6 Å². The summed E-state index contributed by atoms with van der Waals surface area (Å²) in [6, 6.07) is 79.9. The molecule has 0 radical (unpaired) electrons. The highest BCUT2D eigenvalue weighted by Crippen LogP contribution is 2.44. The van der Waals surface area contributed by atoms with Gasteiger partial charge in [0, 0.05) is 49.0 Å². The van der Waals surface area contributed by atoms with Crippen molar-refractivity contribution in [3.05, 3.63) is 224 Å². The number of fused-ring (bicyclic) bond motifs is 15. The lowest BCUT2D eigenvalue weighted by atomic mass is 9.92. The van der Waals surface area contributed by atoms with Gasteiger partial charge in [-0.05, 0) is 86.4 Å². The molecule has 0 aliphatic heterocycles. The Morgan fingerprint density at radius 2 is 0.826 bits per heavy atom. The molecule has 6 heteroatoms. The summed E-state index contributed by atoms with van der Waals surface area (Å²) in [5, 5.41) is 14.1. The lowest BCUT2D eigenvalue weighted by Crippen LogP contribution is -2.06. The Morgan fingerprint density at radius 3 is 1.57 bits per heavy atom. The van der Waals surface area contributed by atoms with E-state index < -0.39 is 0 Å². The minimum Gasteiger partial charge on any atom is -0.456 e. The number of aromatic nitrogens is 5. The molecule has 15 rings (SSSR count). The second-order valence-electron chi connectivity index (χ2n) is 17.9. The van der Waals surface area contributed by atoms with E-state index in [9.17, 15) is 0 Å². The van der Waals surface area contributed by atoms with E-state index in [1.807, 2.05) is 48.5 Å². The van der Waals surface area contributed by atoms with Crippen LogP contribution in [0.25, 0.3) is 143 Å². The predicted molar refractivity (Wildman–Crippen MR) is 285 cm³/mol. The van der Waals surface area contributed by atoms with Crippen molar-refractivity contribution in [3.8, 4) is 45.5 Å². The first-order valence-electron chi connectivity index (χ1n) is 23.4. The van der Waals surface area contributed by atoms with Crippen LogP contribution in [0.1, 0.15) is 0 Å². The molecule has 0 bridgehead atoms. The average Bonchev–Trinajstić information content (AvgIpc) is 4.07. The second kappa shape index (κ2) is 14.6. The fraction of sp³-hybridized carbons (Fsp3) is 0. The van der Waals surface area contributed by atoms with Crippen LogP contribution in [0.15, 0.2) is 229 Å². The zero-order valence-electron chi connectivity index (χ0n) is 37.0. The number of para-hydroxylation sites is 4. The van der Waals surface area contributed by atoms with Crippen LogP contribution in [0.2, 0.25) is 0 Å². The first-order valence-corrected chi connectivity index (χ1v) is 23.4. The van der Waals surface area contributed by atoms with Crippen LogP contribution >= 0.6 is 0 Å². The van der Waals surface area contributed by atoms with Crippen molar-refractivity contribution < 1.29 is 4.42 Å². The number of furan rings is 1. The van der Waals surface area contributed by atoms with Crippen molar-refractivity contribution in [2.75, 3.05) is 0 Å². The minimum absolute atomic E-state index is 0.535. The molecular formula is C63H37N5O. The molecule has 0 atom stereocenters. The Morgan fingerprint density at radius 1 is 0.290 bits per heavy atom. The van der Waals surface area contributed by atoms with E-state index in [1.165, 1.54) is 43.1 Å². The molecule has 0 fully saturated rings. The second-order valence-corrected chi connectivity index (χ2v) is 17.9. The molecule has 320 valence electrons. The van der Waals surface area contributed by atoms with Gasteiger partial charge in [-0.15, -0.1) is 0 Å². The van der Waals surface area contributed by atoms with Crippen LogP contribution in [-0.4, -0.2) is 24.1 Å². The van der Waals surface area contributed by atoms with Crippen molar-refractivity contribution in [1.29, 1.82) is 0 Å². The molecule has 6 nitrogen and oxygen atoms in total. The van der Waals surface area contributed by atoms with Gasteiger partial charge in [0.05, 0.1) is 27.8 Å². The quantitative estimate of drug-likeness (QED) is 0.162. The number of rotatable bonds is 5. The number of benzene rings is 11. The molecule has 11 aromatic carbocycles. The molecule has 0 amide bonds. The van der Waals surface area contributed by atoms with Gasteiger partial charge in [-0.3, -0.25) is 4.57 Å². The molecular weight excluding hydrogens is 843 g/mol. The molecule has 15 aromatic rings. The van der Waals surface area contributed by atoms with Crippen LogP contribution < -0.4 is 0 Å². The standard InChI is InChI=1S/C63H37N5O/c1-2-17-38(18-3-1)61-64-62(49-27-16-32-59-60(49)48-26-11-15-31-58(48)69-59)66-63(65-61)68-55-30-14-10-25-47(55)52-36-51-46-24-9-13-29-54(46)67(56(51)37-57(52)68)53-28-12-8-19-40(53)39-33-34-45-43-22-5-4-20-41(43)42-21-6-7-23-44(42)50(45)35-39/h1-37H. The highest BCUT2D eigenvalue weighted by atomic mass is 16.3. The van der Waals surface area contributed by atoms with Crippen molar-refractivity contribution >= 4 is 97.9 Å². The smallest absolute Gasteiger partial charge is 0.238 e. The fourth-order valence-electron chi connectivity index (χ4n) is 11.2. The Balaban J connectivity index is 1.00. The van der Waals surface area contributed by atoms with Gasteiger partial charge in [0.15, 0.2) is 11.6 Å². The van der Waals surface area contributed by atoms with E-state index in [-0.39, 0.29) is 0 Å². The van der Waals surface area contributed by atoms with Gasteiger partial charge < -0.3 is 8.98 Å².